The smallest absolute Gasteiger partial charge is 0.0854 e. The van der Waals surface area contributed by atoms with Crippen molar-refractivity contribution in [2.75, 3.05) is 0 Å². The molecule has 0 bridgehead atoms. The van der Waals surface area contributed by atoms with Gasteiger partial charge in [0.1, 0.15) is 0 Å². The third-order valence-electron chi connectivity index (χ3n) is 1.64. The first-order valence-corrected chi connectivity index (χ1v) is 4.54. The van der Waals surface area contributed by atoms with E-state index < -0.39 is 0 Å². The van der Waals surface area contributed by atoms with Crippen LogP contribution in [-0.4, -0.2) is 4.37 Å². The second kappa shape index (κ2) is 2.50. The van der Waals surface area contributed by atoms with Crippen LogP contribution in [0.5, 0.6) is 0 Å². The zero-order chi connectivity index (χ0) is 7.84. The fourth-order valence-corrected chi connectivity index (χ4v) is 1.91. The molecule has 2 aromatic rings. The summed E-state index contributed by atoms with van der Waals surface area (Å²) in [6.45, 7) is 2.08. The zero-order valence-corrected chi connectivity index (χ0v) is 7.75. The summed E-state index contributed by atoms with van der Waals surface area (Å²) in [6, 6.07) is 6.05. The van der Waals surface area contributed by atoms with E-state index in [-0.39, 0.29) is 0 Å². The molecule has 0 atom stereocenters. The first-order valence-electron chi connectivity index (χ1n) is 3.32. The van der Waals surface area contributed by atoms with Crippen LogP contribution in [0.15, 0.2) is 23.1 Å². The number of fused-ring (bicyclic) bond motifs is 1. The van der Waals surface area contributed by atoms with E-state index >= 15 is 0 Å². The Morgan fingerprint density at radius 1 is 1.45 bits per heavy atom. The van der Waals surface area contributed by atoms with E-state index in [1.165, 1.54) is 10.3 Å². The SMILES string of the molecule is Cc1snc2cc(S)ccc12. The van der Waals surface area contributed by atoms with Crippen LogP contribution in [-0.2, 0) is 0 Å². The summed E-state index contributed by atoms with van der Waals surface area (Å²) in [5.41, 5.74) is 1.06. The minimum absolute atomic E-state index is 0.975. The van der Waals surface area contributed by atoms with Crippen molar-refractivity contribution in [2.45, 2.75) is 11.8 Å². The molecule has 11 heavy (non-hydrogen) atoms. The van der Waals surface area contributed by atoms with Crippen molar-refractivity contribution < 1.29 is 0 Å². The minimum Gasteiger partial charge on any atom is -0.192 e. The van der Waals surface area contributed by atoms with Gasteiger partial charge in [-0.15, -0.1) is 12.6 Å². The maximum atomic E-state index is 4.27. The predicted octanol–water partition coefficient (Wildman–Crippen LogP) is 2.89. The highest BCUT2D eigenvalue weighted by molar-refractivity contribution is 7.80. The molecule has 3 heteroatoms. The molecular weight excluding hydrogens is 174 g/mol. The number of rotatable bonds is 0. The van der Waals surface area contributed by atoms with Gasteiger partial charge >= 0.3 is 0 Å². The standard InChI is InChI=1S/C8H7NS2/c1-5-7-3-2-6(10)4-8(7)9-11-5/h2-4,10H,1H3. The van der Waals surface area contributed by atoms with Crippen LogP contribution in [0.25, 0.3) is 10.9 Å². The lowest BCUT2D eigenvalue weighted by Gasteiger charge is -1.90. The molecule has 1 aromatic heterocycles. The summed E-state index contributed by atoms with van der Waals surface area (Å²) in [6.07, 6.45) is 0. The molecular formula is C8H7NS2. The van der Waals surface area contributed by atoms with Gasteiger partial charge < -0.3 is 0 Å². The van der Waals surface area contributed by atoms with Crippen molar-refractivity contribution in [2.24, 2.45) is 0 Å². The average molecular weight is 181 g/mol. The Morgan fingerprint density at radius 2 is 2.27 bits per heavy atom. The minimum atomic E-state index is 0.975. The monoisotopic (exact) mass is 181 g/mol. The first kappa shape index (κ1) is 7.13. The van der Waals surface area contributed by atoms with Crippen molar-refractivity contribution >= 4 is 35.1 Å². The predicted molar refractivity (Wildman–Crippen MR) is 51.6 cm³/mol. The van der Waals surface area contributed by atoms with Crippen LogP contribution >= 0.6 is 24.2 Å². The number of nitrogens with zero attached hydrogens (tertiary/aromatic N) is 1. The molecule has 0 spiro atoms. The molecule has 0 saturated carbocycles. The number of aromatic nitrogens is 1. The normalized spacial score (nSPS) is 10.7. The van der Waals surface area contributed by atoms with Crippen molar-refractivity contribution in [3.63, 3.8) is 0 Å². The van der Waals surface area contributed by atoms with Gasteiger partial charge in [-0.25, -0.2) is 0 Å². The number of hydrogen-bond acceptors (Lipinski definition) is 3. The summed E-state index contributed by atoms with van der Waals surface area (Å²) in [7, 11) is 0. The Morgan fingerprint density at radius 3 is 3.09 bits per heavy atom. The molecule has 0 saturated heterocycles. The van der Waals surface area contributed by atoms with Gasteiger partial charge in [-0.3, -0.25) is 0 Å². The van der Waals surface area contributed by atoms with Gasteiger partial charge in [-0.1, -0.05) is 6.07 Å². The van der Waals surface area contributed by atoms with E-state index in [0.29, 0.717) is 0 Å². The topological polar surface area (TPSA) is 12.9 Å². The molecule has 0 aliphatic heterocycles. The van der Waals surface area contributed by atoms with Gasteiger partial charge in [0.15, 0.2) is 0 Å². The quantitative estimate of drug-likeness (QED) is 0.617. The van der Waals surface area contributed by atoms with Gasteiger partial charge in [0.25, 0.3) is 0 Å². The van der Waals surface area contributed by atoms with E-state index in [1.807, 2.05) is 12.1 Å². The van der Waals surface area contributed by atoms with E-state index in [1.54, 1.807) is 11.5 Å². The molecule has 1 aromatic carbocycles. The van der Waals surface area contributed by atoms with Gasteiger partial charge in [0.2, 0.25) is 0 Å². The van der Waals surface area contributed by atoms with Crippen molar-refractivity contribution in [1.29, 1.82) is 0 Å². The summed E-state index contributed by atoms with van der Waals surface area (Å²) < 4.78 is 4.27. The number of aryl methyl sites for hydroxylation is 1. The molecule has 0 radical (unpaired) electrons. The fraction of sp³-hybridized carbons (Fsp3) is 0.125. The average Bonchev–Trinajstić information content (AvgIpc) is 2.32. The summed E-state index contributed by atoms with van der Waals surface area (Å²) >= 11 is 5.78. The molecule has 0 aliphatic carbocycles. The van der Waals surface area contributed by atoms with Gasteiger partial charge in [0, 0.05) is 15.2 Å². The van der Waals surface area contributed by atoms with Crippen LogP contribution < -0.4 is 0 Å². The van der Waals surface area contributed by atoms with Gasteiger partial charge in [-0.2, -0.15) is 4.37 Å². The highest BCUT2D eigenvalue weighted by Crippen LogP contribution is 2.23. The molecule has 1 heterocycles. The van der Waals surface area contributed by atoms with Crippen LogP contribution in [0.4, 0.5) is 0 Å². The molecule has 0 N–H and O–H groups in total. The zero-order valence-electron chi connectivity index (χ0n) is 6.03. The largest absolute Gasteiger partial charge is 0.192 e. The Labute approximate surface area is 74.6 Å². The van der Waals surface area contributed by atoms with E-state index in [0.717, 1.165) is 10.4 Å². The van der Waals surface area contributed by atoms with Crippen LogP contribution in [0, 0.1) is 6.92 Å². The molecule has 0 aliphatic rings. The second-order valence-electron chi connectivity index (χ2n) is 2.44. The molecule has 0 fully saturated rings. The maximum Gasteiger partial charge on any atom is 0.0854 e. The Bertz CT molecular complexity index is 392. The maximum absolute atomic E-state index is 4.27. The molecule has 0 unspecified atom stereocenters. The number of benzene rings is 1. The fourth-order valence-electron chi connectivity index (χ4n) is 1.06. The van der Waals surface area contributed by atoms with Crippen molar-refractivity contribution in [3.05, 3.63) is 23.1 Å². The third kappa shape index (κ3) is 1.14. The number of thiol groups is 1. The molecule has 1 nitrogen and oxygen atoms in total. The van der Waals surface area contributed by atoms with E-state index in [2.05, 4.69) is 30.0 Å². The highest BCUT2D eigenvalue weighted by atomic mass is 32.1. The molecule has 0 amide bonds. The Kier molecular flexibility index (Phi) is 1.62. The van der Waals surface area contributed by atoms with Crippen molar-refractivity contribution in [1.82, 2.24) is 4.37 Å². The Balaban J connectivity index is 2.86. The van der Waals surface area contributed by atoms with Crippen LogP contribution in [0.2, 0.25) is 0 Å². The van der Waals surface area contributed by atoms with Crippen LogP contribution in [0.1, 0.15) is 4.88 Å². The van der Waals surface area contributed by atoms with Gasteiger partial charge in [0.05, 0.1) is 5.52 Å². The third-order valence-corrected chi connectivity index (χ3v) is 2.70. The summed E-state index contributed by atoms with van der Waals surface area (Å²) in [5, 5.41) is 1.24. The van der Waals surface area contributed by atoms with Gasteiger partial charge in [-0.05, 0) is 30.6 Å². The summed E-state index contributed by atoms with van der Waals surface area (Å²) in [4.78, 5) is 2.25. The lowest BCUT2D eigenvalue weighted by Crippen LogP contribution is -1.68. The lowest BCUT2D eigenvalue weighted by molar-refractivity contribution is 1.50. The molecule has 56 valence electrons. The van der Waals surface area contributed by atoms with E-state index in [4.69, 9.17) is 0 Å². The Hall–Kier alpha value is -0.540. The number of hydrogen-bond donors (Lipinski definition) is 1. The van der Waals surface area contributed by atoms with Crippen LogP contribution in [0.3, 0.4) is 0 Å². The summed E-state index contributed by atoms with van der Waals surface area (Å²) in [5.74, 6) is 0. The highest BCUT2D eigenvalue weighted by Gasteiger charge is 2.00. The first-order chi connectivity index (χ1) is 5.27. The second-order valence-corrected chi connectivity index (χ2v) is 3.93. The van der Waals surface area contributed by atoms with E-state index in [9.17, 15) is 0 Å². The lowest BCUT2D eigenvalue weighted by atomic mass is 10.2. The van der Waals surface area contributed by atoms with Crippen molar-refractivity contribution in [3.8, 4) is 0 Å². The molecule has 2 rings (SSSR count).